The van der Waals surface area contributed by atoms with Gasteiger partial charge in [0.25, 0.3) is 0 Å². The molecular weight excluding hydrogens is 248 g/mol. The highest BCUT2D eigenvalue weighted by Crippen LogP contribution is 2.23. The fourth-order valence-electron chi connectivity index (χ4n) is 1.20. The van der Waals surface area contributed by atoms with E-state index in [9.17, 15) is 9.59 Å². The van der Waals surface area contributed by atoms with Gasteiger partial charge in [-0.1, -0.05) is 12.1 Å². The van der Waals surface area contributed by atoms with Crippen molar-refractivity contribution in [1.82, 2.24) is 0 Å². The molecule has 98 valence electrons. The minimum Gasteiger partial charge on any atom is -0.507 e. The summed E-state index contributed by atoms with van der Waals surface area (Å²) in [5.74, 6) is -0.456. The molecule has 0 bridgehead atoms. The fourth-order valence-corrected chi connectivity index (χ4v) is 1.20. The first kappa shape index (κ1) is 14.2. The molecule has 0 aliphatic carbocycles. The molecule has 0 saturated carbocycles. The molecule has 3 N–H and O–H groups in total. The van der Waals surface area contributed by atoms with Gasteiger partial charge in [-0.15, -0.1) is 0 Å². The third-order valence-corrected chi connectivity index (χ3v) is 2.20. The molecule has 0 atom stereocenters. The Bertz CT molecular complexity index is 578. The largest absolute Gasteiger partial charge is 0.507 e. The molecular formula is C14H12O5. The molecule has 5 heteroatoms. The van der Waals surface area contributed by atoms with Crippen LogP contribution in [0.1, 0.15) is 20.7 Å². The van der Waals surface area contributed by atoms with Gasteiger partial charge in [-0.05, 0) is 30.3 Å². The molecule has 0 aliphatic rings. The number of hydrogen-bond donors (Lipinski definition) is 3. The van der Waals surface area contributed by atoms with E-state index in [2.05, 4.69) is 0 Å². The molecule has 0 spiro atoms. The summed E-state index contributed by atoms with van der Waals surface area (Å²) in [5, 5.41) is 26.5. The Kier molecular flexibility index (Phi) is 5.10. The number of para-hydroxylation sites is 1. The first-order valence-corrected chi connectivity index (χ1v) is 5.28. The van der Waals surface area contributed by atoms with Crippen molar-refractivity contribution in [2.75, 3.05) is 0 Å². The fraction of sp³-hybridized carbons (Fsp3) is 0. The zero-order chi connectivity index (χ0) is 14.3. The number of aldehydes is 2. The van der Waals surface area contributed by atoms with E-state index >= 15 is 0 Å². The summed E-state index contributed by atoms with van der Waals surface area (Å²) < 4.78 is 0. The number of carbonyl (C=O) groups excluding carboxylic acids is 2. The van der Waals surface area contributed by atoms with Crippen molar-refractivity contribution in [2.45, 2.75) is 0 Å². The normalized spacial score (nSPS) is 9.05. The van der Waals surface area contributed by atoms with Crippen LogP contribution in [-0.2, 0) is 0 Å². The van der Waals surface area contributed by atoms with Gasteiger partial charge in [0.05, 0.1) is 5.56 Å². The Morgan fingerprint density at radius 2 is 1.42 bits per heavy atom. The molecule has 2 aromatic carbocycles. The zero-order valence-electron chi connectivity index (χ0n) is 9.85. The smallest absolute Gasteiger partial charge is 0.158 e. The minimum absolute atomic E-state index is 0.0347. The summed E-state index contributed by atoms with van der Waals surface area (Å²) in [6.45, 7) is 0. The number of hydrogen-bond acceptors (Lipinski definition) is 5. The van der Waals surface area contributed by atoms with Crippen molar-refractivity contribution in [3.8, 4) is 17.2 Å². The van der Waals surface area contributed by atoms with Crippen molar-refractivity contribution in [3.63, 3.8) is 0 Å². The molecule has 5 nitrogen and oxygen atoms in total. The first-order valence-electron chi connectivity index (χ1n) is 5.28. The highest BCUT2D eigenvalue weighted by atomic mass is 16.3. The Labute approximate surface area is 109 Å². The highest BCUT2D eigenvalue weighted by molar-refractivity contribution is 5.78. The number of phenols is 3. The van der Waals surface area contributed by atoms with Gasteiger partial charge in [0.2, 0.25) is 0 Å². The van der Waals surface area contributed by atoms with Gasteiger partial charge in [0.1, 0.15) is 12.0 Å². The van der Waals surface area contributed by atoms with E-state index in [1.807, 2.05) is 0 Å². The lowest BCUT2D eigenvalue weighted by Gasteiger charge is -1.95. The Hall–Kier alpha value is -2.82. The summed E-state index contributed by atoms with van der Waals surface area (Å²) in [6.07, 6.45) is 1.22. The monoisotopic (exact) mass is 260 g/mol. The van der Waals surface area contributed by atoms with Crippen molar-refractivity contribution in [1.29, 1.82) is 0 Å². The van der Waals surface area contributed by atoms with E-state index in [0.717, 1.165) is 0 Å². The lowest BCUT2D eigenvalue weighted by Crippen LogP contribution is -1.77. The van der Waals surface area contributed by atoms with Crippen molar-refractivity contribution in [2.24, 2.45) is 0 Å². The molecule has 19 heavy (non-hydrogen) atoms. The summed E-state index contributed by atoms with van der Waals surface area (Å²) >= 11 is 0. The average Bonchev–Trinajstić information content (AvgIpc) is 2.43. The predicted molar refractivity (Wildman–Crippen MR) is 68.7 cm³/mol. The van der Waals surface area contributed by atoms with Crippen LogP contribution in [0.3, 0.4) is 0 Å². The maximum atomic E-state index is 10.1. The second kappa shape index (κ2) is 6.80. The van der Waals surface area contributed by atoms with Gasteiger partial charge in [-0.2, -0.15) is 0 Å². The number of carbonyl (C=O) groups is 2. The topological polar surface area (TPSA) is 94.8 Å². The molecule has 2 rings (SSSR count). The Morgan fingerprint density at radius 3 is 1.89 bits per heavy atom. The Balaban J connectivity index is 0.000000191. The number of phenolic OH excluding ortho intramolecular Hbond substituents is 3. The second-order valence-electron chi connectivity index (χ2n) is 3.54. The molecule has 0 unspecified atom stereocenters. The number of aromatic hydroxyl groups is 3. The molecule has 2 aromatic rings. The maximum absolute atomic E-state index is 10.1. The molecule has 0 fully saturated rings. The Morgan fingerprint density at radius 1 is 0.737 bits per heavy atom. The van der Waals surface area contributed by atoms with Gasteiger partial charge in [0, 0.05) is 5.56 Å². The van der Waals surface area contributed by atoms with E-state index in [1.165, 1.54) is 24.3 Å². The van der Waals surface area contributed by atoms with Crippen LogP contribution in [-0.4, -0.2) is 27.9 Å². The molecule has 0 heterocycles. The van der Waals surface area contributed by atoms with E-state index in [1.54, 1.807) is 18.2 Å². The van der Waals surface area contributed by atoms with Crippen LogP contribution in [0.5, 0.6) is 17.2 Å². The van der Waals surface area contributed by atoms with Crippen LogP contribution >= 0.6 is 0 Å². The van der Waals surface area contributed by atoms with E-state index in [4.69, 9.17) is 15.3 Å². The zero-order valence-corrected chi connectivity index (χ0v) is 9.85. The third-order valence-electron chi connectivity index (χ3n) is 2.20. The SMILES string of the molecule is O=Cc1ccc(O)c(O)c1.O=Cc1ccccc1O. The van der Waals surface area contributed by atoms with Crippen LogP contribution in [0.15, 0.2) is 42.5 Å². The van der Waals surface area contributed by atoms with Crippen LogP contribution in [0.4, 0.5) is 0 Å². The number of rotatable bonds is 2. The molecule has 0 aromatic heterocycles. The first-order chi connectivity index (χ1) is 9.08. The summed E-state index contributed by atoms with van der Waals surface area (Å²) in [7, 11) is 0. The molecule has 0 radical (unpaired) electrons. The van der Waals surface area contributed by atoms with E-state index in [0.29, 0.717) is 23.7 Å². The summed E-state index contributed by atoms with van der Waals surface area (Å²) in [4.78, 5) is 20.1. The van der Waals surface area contributed by atoms with Crippen LogP contribution in [0.25, 0.3) is 0 Å². The molecule has 0 aliphatic heterocycles. The lowest BCUT2D eigenvalue weighted by atomic mass is 10.2. The number of benzene rings is 2. The van der Waals surface area contributed by atoms with Crippen LogP contribution in [0.2, 0.25) is 0 Å². The maximum Gasteiger partial charge on any atom is 0.158 e. The van der Waals surface area contributed by atoms with Crippen molar-refractivity contribution >= 4 is 12.6 Å². The second-order valence-corrected chi connectivity index (χ2v) is 3.54. The molecule has 0 saturated heterocycles. The predicted octanol–water partition coefficient (Wildman–Crippen LogP) is 2.11. The summed E-state index contributed by atoms with van der Waals surface area (Å²) in [6, 6.07) is 10.3. The van der Waals surface area contributed by atoms with Crippen molar-refractivity contribution < 1.29 is 24.9 Å². The highest BCUT2D eigenvalue weighted by Gasteiger charge is 1.97. The lowest BCUT2D eigenvalue weighted by molar-refractivity contribution is 0.111. The van der Waals surface area contributed by atoms with Gasteiger partial charge >= 0.3 is 0 Å². The van der Waals surface area contributed by atoms with Gasteiger partial charge in [-0.25, -0.2) is 0 Å². The van der Waals surface area contributed by atoms with Crippen LogP contribution < -0.4 is 0 Å². The van der Waals surface area contributed by atoms with Crippen LogP contribution in [0, 0.1) is 0 Å². The standard InChI is InChI=1S/C7H6O3.C7H6O2/c8-4-5-1-2-6(9)7(10)3-5;8-5-6-3-1-2-4-7(6)9/h1-4,9-10H;1-5,9H. The average molecular weight is 260 g/mol. The third kappa shape index (κ3) is 4.16. The van der Waals surface area contributed by atoms with Gasteiger partial charge in [0.15, 0.2) is 17.8 Å². The summed E-state index contributed by atoms with van der Waals surface area (Å²) in [5.41, 5.74) is 0.674. The van der Waals surface area contributed by atoms with Crippen molar-refractivity contribution in [3.05, 3.63) is 53.6 Å². The molecule has 0 amide bonds. The van der Waals surface area contributed by atoms with Gasteiger partial charge < -0.3 is 15.3 Å². The minimum atomic E-state index is -0.274. The van der Waals surface area contributed by atoms with E-state index in [-0.39, 0.29) is 17.2 Å². The van der Waals surface area contributed by atoms with Gasteiger partial charge in [-0.3, -0.25) is 9.59 Å². The van der Waals surface area contributed by atoms with E-state index < -0.39 is 0 Å². The quantitative estimate of drug-likeness (QED) is 0.568.